The molecule has 0 bridgehead atoms. The van der Waals surface area contributed by atoms with E-state index < -0.39 is 63.5 Å². The molecular weight excluding hydrogens is 566 g/mol. The molecular formula is C19H33N7O11S2. The van der Waals surface area contributed by atoms with Gasteiger partial charge in [-0.05, 0) is 40.2 Å². The first kappa shape index (κ1) is 35.6. The van der Waals surface area contributed by atoms with Gasteiger partial charge in [0.1, 0.15) is 17.8 Å². The molecule has 222 valence electrons. The molecule has 3 atom stereocenters. The van der Waals surface area contributed by atoms with Gasteiger partial charge >= 0.3 is 22.2 Å². The number of aromatic nitrogens is 1. The topological polar surface area (TPSA) is 322 Å². The Hall–Kier alpha value is -3.43. The third-order valence-corrected chi connectivity index (χ3v) is 6.70. The van der Waals surface area contributed by atoms with Gasteiger partial charge in [0, 0.05) is 5.38 Å². The summed E-state index contributed by atoms with van der Waals surface area (Å²) in [6.45, 7) is 4.30. The number of nitrogens with one attached hydrogen (secondary N) is 1. The number of aliphatic carboxylic acids is 2. The highest BCUT2D eigenvalue weighted by Crippen LogP contribution is 2.23. The van der Waals surface area contributed by atoms with Crippen LogP contribution in [-0.2, 0) is 34.3 Å². The van der Waals surface area contributed by atoms with Crippen LogP contribution in [0.4, 0.5) is 5.13 Å². The highest BCUT2D eigenvalue weighted by atomic mass is 32.2. The number of unbranched alkanes of at least 4 members (excludes halogenated alkanes) is 1. The number of thiazole rings is 1. The van der Waals surface area contributed by atoms with Crippen molar-refractivity contribution in [3.05, 3.63) is 11.1 Å². The number of hydrogen-bond acceptors (Lipinski definition) is 13. The van der Waals surface area contributed by atoms with Crippen molar-refractivity contribution in [2.24, 2.45) is 16.6 Å². The molecule has 1 aliphatic heterocycles. The van der Waals surface area contributed by atoms with Gasteiger partial charge in [-0.2, -0.15) is 8.42 Å². The van der Waals surface area contributed by atoms with Crippen molar-refractivity contribution in [1.29, 1.82) is 0 Å². The van der Waals surface area contributed by atoms with E-state index in [4.69, 9.17) is 36.8 Å². The summed E-state index contributed by atoms with van der Waals surface area (Å²) in [6.07, 6.45) is 2.16. The Kier molecular flexibility index (Phi) is 13.4. The summed E-state index contributed by atoms with van der Waals surface area (Å²) in [5.41, 5.74) is 13.7. The fraction of sp³-hybridized carbons (Fsp3) is 0.579. The lowest BCUT2D eigenvalue weighted by atomic mass is 10.0. The Morgan fingerprint density at radius 3 is 2.31 bits per heavy atom. The van der Waals surface area contributed by atoms with Crippen LogP contribution in [-0.4, -0.2) is 97.7 Å². The molecule has 1 aromatic rings. The van der Waals surface area contributed by atoms with Gasteiger partial charge in [0.2, 0.25) is 5.60 Å². The number of nitrogen functional groups attached to an aromatic ring is 1. The molecule has 2 heterocycles. The van der Waals surface area contributed by atoms with Gasteiger partial charge in [-0.1, -0.05) is 11.6 Å². The molecule has 2 amide bonds. The molecule has 20 heteroatoms. The number of amides is 2. The number of oxime groups is 1. The number of rotatable bonds is 12. The summed E-state index contributed by atoms with van der Waals surface area (Å²) < 4.78 is 31.4. The number of carbonyl (C=O) groups is 4. The van der Waals surface area contributed by atoms with Crippen molar-refractivity contribution >= 4 is 56.2 Å². The van der Waals surface area contributed by atoms with Gasteiger partial charge in [0.05, 0.1) is 6.04 Å². The zero-order valence-corrected chi connectivity index (χ0v) is 22.9. The van der Waals surface area contributed by atoms with Crippen LogP contribution >= 0.6 is 11.3 Å². The summed E-state index contributed by atoms with van der Waals surface area (Å²) in [5, 5.41) is 24.7. The predicted octanol–water partition coefficient (Wildman–Crippen LogP) is -2.47. The standard InChI is InChI=1S/C13H17N5O8S2.C6H14N2O2.H2O/c1-5-7(10(20)18(5)28(23,24)25)16-9(19)8(6-4-27-12(14)15-6)17-26-13(2,3)11(21)22;7-4-2-1-3-5(8)6(9)10;/h4-5,7H,1-3H3,(H2,14,15)(H,16,19)(H,21,22)(H,23,24,25);5H,1-4,7-8H2,(H,9,10);1H2/b17-8+;;/t5-,7-;5-;/m00./s1. The minimum absolute atomic E-state index is 0. The molecule has 12 N–H and O–H groups in total. The lowest BCUT2D eigenvalue weighted by molar-refractivity contribution is -0.161. The maximum Gasteiger partial charge on any atom is 0.362 e. The van der Waals surface area contributed by atoms with E-state index in [-0.39, 0.29) is 20.6 Å². The number of nitrogens with zero attached hydrogens (tertiary/aromatic N) is 3. The number of nitrogens with two attached hydrogens (primary N) is 3. The van der Waals surface area contributed by atoms with Crippen LogP contribution < -0.4 is 22.5 Å². The van der Waals surface area contributed by atoms with Gasteiger partial charge < -0.3 is 43.0 Å². The Bertz CT molecular complexity index is 1170. The van der Waals surface area contributed by atoms with Crippen LogP contribution in [0.15, 0.2) is 10.5 Å². The molecule has 1 saturated heterocycles. The normalized spacial score (nSPS) is 18.1. The molecule has 0 radical (unpaired) electrons. The van der Waals surface area contributed by atoms with Crippen LogP contribution in [0.3, 0.4) is 0 Å². The molecule has 2 rings (SSSR count). The maximum absolute atomic E-state index is 12.6. The summed E-state index contributed by atoms with van der Waals surface area (Å²) >= 11 is 0.980. The molecule has 0 saturated carbocycles. The molecule has 0 spiro atoms. The number of carbonyl (C=O) groups excluding carboxylic acids is 2. The van der Waals surface area contributed by atoms with Crippen molar-refractivity contribution in [1.82, 2.24) is 14.6 Å². The average Bonchev–Trinajstić information content (AvgIpc) is 3.22. The minimum atomic E-state index is -4.76. The average molecular weight is 600 g/mol. The number of anilines is 1. The molecule has 1 aromatic heterocycles. The molecule has 0 aliphatic carbocycles. The fourth-order valence-corrected chi connectivity index (χ4v) is 4.18. The Morgan fingerprint density at radius 2 is 1.90 bits per heavy atom. The SMILES string of the molecule is C[C@H]1[C@H](NC(=O)/C(=N/OC(C)(C)C(=O)O)c2csc(N)n2)C(=O)N1S(=O)(=O)O.NCCCC[C@H](N)C(=O)O.O. The number of carboxylic acid groups (broad SMARTS) is 2. The number of β-lactam (4-membered cyclic amide) rings is 1. The minimum Gasteiger partial charge on any atom is -0.480 e. The van der Waals surface area contributed by atoms with Crippen LogP contribution in [0.25, 0.3) is 0 Å². The van der Waals surface area contributed by atoms with Gasteiger partial charge in [0.15, 0.2) is 10.8 Å². The molecule has 1 aliphatic rings. The van der Waals surface area contributed by atoms with E-state index in [1.165, 1.54) is 26.2 Å². The smallest absolute Gasteiger partial charge is 0.362 e. The second-order valence-corrected chi connectivity index (χ2v) is 10.6. The van der Waals surface area contributed by atoms with Gasteiger partial charge in [0.25, 0.3) is 11.8 Å². The van der Waals surface area contributed by atoms with Crippen molar-refractivity contribution in [3.63, 3.8) is 0 Å². The highest BCUT2D eigenvalue weighted by molar-refractivity contribution is 7.84. The number of carboxylic acids is 2. The zero-order chi connectivity index (χ0) is 29.4. The van der Waals surface area contributed by atoms with Crippen LogP contribution in [0.2, 0.25) is 0 Å². The van der Waals surface area contributed by atoms with Crippen LogP contribution in [0, 0.1) is 0 Å². The predicted molar refractivity (Wildman–Crippen MR) is 138 cm³/mol. The largest absolute Gasteiger partial charge is 0.480 e. The van der Waals surface area contributed by atoms with Gasteiger partial charge in [-0.3, -0.25) is 18.9 Å². The van der Waals surface area contributed by atoms with Crippen molar-refractivity contribution < 1.29 is 52.7 Å². The fourth-order valence-electron chi connectivity index (χ4n) is 2.74. The summed E-state index contributed by atoms with van der Waals surface area (Å²) in [4.78, 5) is 54.5. The highest BCUT2D eigenvalue weighted by Gasteiger charge is 2.51. The van der Waals surface area contributed by atoms with Crippen LogP contribution in [0.1, 0.15) is 45.7 Å². The van der Waals surface area contributed by atoms with E-state index in [1.54, 1.807) is 0 Å². The van der Waals surface area contributed by atoms with Crippen molar-refractivity contribution in [2.75, 3.05) is 12.3 Å². The van der Waals surface area contributed by atoms with E-state index in [1.807, 2.05) is 0 Å². The van der Waals surface area contributed by atoms with Crippen molar-refractivity contribution in [3.8, 4) is 0 Å². The van der Waals surface area contributed by atoms with E-state index in [2.05, 4.69) is 15.5 Å². The van der Waals surface area contributed by atoms with E-state index in [0.29, 0.717) is 13.0 Å². The second kappa shape index (κ2) is 14.6. The zero-order valence-electron chi connectivity index (χ0n) is 21.2. The quantitative estimate of drug-likeness (QED) is 0.0430. The molecule has 0 aromatic carbocycles. The lowest BCUT2D eigenvalue weighted by Crippen LogP contribution is -2.71. The van der Waals surface area contributed by atoms with E-state index in [9.17, 15) is 27.6 Å². The Morgan fingerprint density at radius 1 is 1.31 bits per heavy atom. The van der Waals surface area contributed by atoms with E-state index >= 15 is 0 Å². The summed E-state index contributed by atoms with van der Waals surface area (Å²) in [5.74, 6) is -4.31. The second-order valence-electron chi connectivity index (χ2n) is 8.45. The first-order valence-corrected chi connectivity index (χ1v) is 13.2. The number of hydrogen-bond donors (Lipinski definition) is 7. The monoisotopic (exact) mass is 599 g/mol. The Labute approximate surface area is 227 Å². The summed E-state index contributed by atoms with van der Waals surface area (Å²) in [7, 11) is -4.76. The molecule has 1 fully saturated rings. The molecule has 39 heavy (non-hydrogen) atoms. The Balaban J connectivity index is 0.00000112. The van der Waals surface area contributed by atoms with E-state index in [0.717, 1.165) is 24.2 Å². The van der Waals surface area contributed by atoms with Crippen LogP contribution in [0.5, 0.6) is 0 Å². The lowest BCUT2D eigenvalue weighted by Gasteiger charge is -2.42. The first-order chi connectivity index (χ1) is 17.4. The molecule has 18 nitrogen and oxygen atoms in total. The van der Waals surface area contributed by atoms with Gasteiger partial charge in [-0.15, -0.1) is 11.3 Å². The van der Waals surface area contributed by atoms with Gasteiger partial charge in [-0.25, -0.2) is 14.1 Å². The summed E-state index contributed by atoms with van der Waals surface area (Å²) in [6, 6.07) is -3.03. The maximum atomic E-state index is 12.6. The first-order valence-electron chi connectivity index (χ1n) is 10.9. The molecule has 0 unspecified atom stereocenters. The van der Waals surface area contributed by atoms with Crippen molar-refractivity contribution in [2.45, 2.75) is 63.8 Å². The third kappa shape index (κ3) is 10.00. The third-order valence-electron chi connectivity index (χ3n) is 5.02.